The molecule has 2 saturated heterocycles. The lowest BCUT2D eigenvalue weighted by molar-refractivity contribution is -0.355. The van der Waals surface area contributed by atoms with Crippen LogP contribution in [0, 0.1) is 0 Å². The van der Waals surface area contributed by atoms with Gasteiger partial charge in [-0.05, 0) is 5.53 Å². The molecule has 0 bridgehead atoms. The van der Waals surface area contributed by atoms with Crippen LogP contribution in [0.25, 0.3) is 10.4 Å². The number of hydrogen-bond acceptors (Lipinski definition) is 12. The van der Waals surface area contributed by atoms with Gasteiger partial charge in [0.25, 0.3) is 0 Å². The van der Waals surface area contributed by atoms with Crippen LogP contribution < -0.4 is 0 Å². The maximum absolute atomic E-state index is 10.0. The quantitative estimate of drug-likeness (QED) is 0.101. The second-order valence-corrected chi connectivity index (χ2v) is 5.81. The Morgan fingerprint density at radius 2 is 1.58 bits per heavy atom. The van der Waals surface area contributed by atoms with E-state index < -0.39 is 74.6 Å². The lowest BCUT2D eigenvalue weighted by atomic mass is 9.97. The van der Waals surface area contributed by atoms with Crippen LogP contribution in [0.3, 0.4) is 0 Å². The highest BCUT2D eigenvalue weighted by Gasteiger charge is 2.50. The number of ether oxygens (including phenoxy) is 3. The molecule has 0 aromatic heterocycles. The fraction of sp³-hybridized carbons (Fsp3) is 1.00. The molecular formula is C12H21N3O11. The van der Waals surface area contributed by atoms with E-state index in [1.165, 1.54) is 0 Å². The van der Waals surface area contributed by atoms with E-state index in [4.69, 9.17) is 19.7 Å². The number of nitrogens with zero attached hydrogens (tertiary/aromatic N) is 3. The molecule has 26 heavy (non-hydrogen) atoms. The van der Waals surface area contributed by atoms with Crippen LogP contribution in [0.2, 0.25) is 0 Å². The molecule has 0 aromatic carbocycles. The lowest BCUT2D eigenvalue weighted by Crippen LogP contribution is -2.64. The molecule has 150 valence electrons. The van der Waals surface area contributed by atoms with Crippen LogP contribution in [0.5, 0.6) is 0 Å². The normalized spacial score (nSPS) is 46.4. The maximum Gasteiger partial charge on any atom is 0.187 e. The molecule has 2 aliphatic rings. The maximum atomic E-state index is 10.0. The zero-order chi connectivity index (χ0) is 19.4. The Bertz CT molecular complexity index is 505. The Morgan fingerprint density at radius 3 is 2.19 bits per heavy atom. The summed E-state index contributed by atoms with van der Waals surface area (Å²) in [5.74, 6) is 0. The highest BCUT2D eigenvalue weighted by Crippen LogP contribution is 2.28. The van der Waals surface area contributed by atoms with Gasteiger partial charge in [0.15, 0.2) is 12.6 Å². The van der Waals surface area contributed by atoms with Crippen molar-refractivity contribution in [3.8, 4) is 0 Å². The topological polar surface area (TPSA) is 227 Å². The monoisotopic (exact) mass is 383 g/mol. The highest BCUT2D eigenvalue weighted by molar-refractivity contribution is 4.93. The van der Waals surface area contributed by atoms with Crippen molar-refractivity contribution in [2.45, 2.75) is 61.4 Å². The fourth-order valence-corrected chi connectivity index (χ4v) is 2.69. The summed E-state index contributed by atoms with van der Waals surface area (Å²) < 4.78 is 15.5. The third-order valence-corrected chi connectivity index (χ3v) is 4.13. The first-order valence-electron chi connectivity index (χ1n) is 7.63. The Balaban J connectivity index is 2.10. The first kappa shape index (κ1) is 21.0. The molecule has 2 heterocycles. The summed E-state index contributed by atoms with van der Waals surface area (Å²) in [4.78, 5) is 6.83. The van der Waals surface area contributed by atoms with Crippen LogP contribution in [0.15, 0.2) is 5.28 Å². The fourth-order valence-electron chi connectivity index (χ4n) is 2.69. The molecule has 7 N–H and O–H groups in total. The van der Waals surface area contributed by atoms with E-state index in [-0.39, 0.29) is 0 Å². The van der Waals surface area contributed by atoms with Crippen molar-refractivity contribution in [1.29, 1.82) is 0 Å². The zero-order valence-corrected chi connectivity index (χ0v) is 13.3. The van der Waals surface area contributed by atoms with Crippen LogP contribution in [-0.4, -0.2) is 110 Å². The van der Waals surface area contributed by atoms with Gasteiger partial charge in [-0.25, -0.2) is 0 Å². The standard InChI is InChI=1S/C12H21N3O11/c13-14-15-23-2-4-5(17)6(18)9(21)12(25-4)26-10-3(1-16)24-11(22)8(20)7(10)19/h3-12,16-22H,1-2H2/t3-,4-,5+,6+,7-,8-,9-,10-,11+,12+/m1/s1. The molecule has 0 spiro atoms. The van der Waals surface area contributed by atoms with Gasteiger partial charge in [0.1, 0.15) is 60.7 Å². The Labute approximate surface area is 146 Å². The molecule has 2 aliphatic heterocycles. The summed E-state index contributed by atoms with van der Waals surface area (Å²) in [5.41, 5.74) is 8.16. The third-order valence-electron chi connectivity index (χ3n) is 4.13. The van der Waals surface area contributed by atoms with Gasteiger partial charge in [-0.1, -0.05) is 0 Å². The minimum atomic E-state index is -1.77. The lowest BCUT2D eigenvalue weighted by Gasteiger charge is -2.45. The van der Waals surface area contributed by atoms with Crippen molar-refractivity contribution in [3.05, 3.63) is 10.4 Å². The second kappa shape index (κ2) is 9.07. The summed E-state index contributed by atoms with van der Waals surface area (Å²) >= 11 is 0. The van der Waals surface area contributed by atoms with Crippen LogP contribution in [0.4, 0.5) is 0 Å². The van der Waals surface area contributed by atoms with Gasteiger partial charge in [0, 0.05) is 4.91 Å². The third kappa shape index (κ3) is 4.33. The Hall–Kier alpha value is -1.29. The van der Waals surface area contributed by atoms with E-state index in [1.807, 2.05) is 0 Å². The Kier molecular flexibility index (Phi) is 7.33. The molecule has 0 aliphatic carbocycles. The summed E-state index contributed by atoms with van der Waals surface area (Å²) in [6.45, 7) is -1.19. The largest absolute Gasteiger partial charge is 0.431 e. The average Bonchev–Trinajstić information content (AvgIpc) is 2.63. The van der Waals surface area contributed by atoms with E-state index in [2.05, 4.69) is 15.0 Å². The number of aliphatic hydroxyl groups excluding tert-OH is 7. The predicted octanol–water partition coefficient (Wildman–Crippen LogP) is -4.15. The van der Waals surface area contributed by atoms with Gasteiger partial charge in [-0.3, -0.25) is 0 Å². The number of aliphatic hydroxyl groups is 7. The average molecular weight is 383 g/mol. The predicted molar refractivity (Wildman–Crippen MR) is 76.6 cm³/mol. The number of azide groups is 1. The van der Waals surface area contributed by atoms with Crippen molar-refractivity contribution < 1.29 is 54.8 Å². The van der Waals surface area contributed by atoms with Gasteiger partial charge < -0.3 is 54.8 Å². The van der Waals surface area contributed by atoms with Gasteiger partial charge in [-0.15, -0.1) is 0 Å². The van der Waals surface area contributed by atoms with Crippen LogP contribution in [-0.2, 0) is 19.0 Å². The molecule has 0 aromatic rings. The first-order chi connectivity index (χ1) is 12.3. The van der Waals surface area contributed by atoms with Gasteiger partial charge >= 0.3 is 0 Å². The van der Waals surface area contributed by atoms with Gasteiger partial charge in [-0.2, -0.15) is 0 Å². The molecule has 2 fully saturated rings. The second-order valence-electron chi connectivity index (χ2n) is 5.81. The molecule has 0 unspecified atom stereocenters. The van der Waals surface area contributed by atoms with E-state index >= 15 is 0 Å². The van der Waals surface area contributed by atoms with Crippen LogP contribution in [0.1, 0.15) is 0 Å². The van der Waals surface area contributed by atoms with Crippen molar-refractivity contribution in [3.63, 3.8) is 0 Å². The first-order valence-corrected chi connectivity index (χ1v) is 7.63. The molecule has 0 saturated carbocycles. The molecule has 14 heteroatoms. The molecular weight excluding hydrogens is 362 g/mol. The summed E-state index contributed by atoms with van der Waals surface area (Å²) in [5, 5.41) is 71.0. The van der Waals surface area contributed by atoms with E-state index in [0.29, 0.717) is 0 Å². The van der Waals surface area contributed by atoms with Crippen molar-refractivity contribution >= 4 is 0 Å². The van der Waals surface area contributed by atoms with E-state index in [1.54, 1.807) is 0 Å². The van der Waals surface area contributed by atoms with E-state index in [0.717, 1.165) is 0 Å². The Morgan fingerprint density at radius 1 is 0.885 bits per heavy atom. The number of hydrogen-bond donors (Lipinski definition) is 7. The molecule has 10 atom stereocenters. The van der Waals surface area contributed by atoms with Gasteiger partial charge in [0.05, 0.1) is 6.61 Å². The SMILES string of the molecule is [N-]=[N+]=NOC[C@H]1O[C@@H](O[C@H]2[C@H](O)[C@@H](O)[C@@H](O)O[C@@H]2CO)[C@H](O)[C@@H](O)[C@H]1O. The molecule has 14 nitrogen and oxygen atoms in total. The smallest absolute Gasteiger partial charge is 0.187 e. The van der Waals surface area contributed by atoms with Crippen molar-refractivity contribution in [1.82, 2.24) is 0 Å². The minimum absolute atomic E-state index is 0.483. The highest BCUT2D eigenvalue weighted by atomic mass is 16.7. The number of rotatable bonds is 6. The molecule has 2 rings (SSSR count). The minimum Gasteiger partial charge on any atom is -0.431 e. The van der Waals surface area contributed by atoms with Crippen molar-refractivity contribution in [2.75, 3.05) is 13.2 Å². The zero-order valence-electron chi connectivity index (χ0n) is 13.3. The van der Waals surface area contributed by atoms with Crippen molar-refractivity contribution in [2.24, 2.45) is 5.28 Å². The molecule has 0 radical (unpaired) electrons. The summed E-state index contributed by atoms with van der Waals surface area (Å²) in [6, 6.07) is 0. The summed E-state index contributed by atoms with van der Waals surface area (Å²) in [6.07, 6.45) is -16.0. The van der Waals surface area contributed by atoms with E-state index in [9.17, 15) is 35.7 Å². The van der Waals surface area contributed by atoms with Crippen LogP contribution >= 0.6 is 0 Å². The van der Waals surface area contributed by atoms with Gasteiger partial charge in [0.2, 0.25) is 0 Å². The molecule has 0 amide bonds. The summed E-state index contributed by atoms with van der Waals surface area (Å²) in [7, 11) is 0.